The quantitative estimate of drug-likeness (QED) is 0.928. The normalized spacial score (nSPS) is 16.3. The van der Waals surface area contributed by atoms with Crippen molar-refractivity contribution < 1.29 is 14.3 Å². The summed E-state index contributed by atoms with van der Waals surface area (Å²) in [5, 5.41) is 2.86. The molecule has 0 bridgehead atoms. The van der Waals surface area contributed by atoms with Gasteiger partial charge in [0.1, 0.15) is 6.61 Å². The molecular weight excluding hydrogens is 334 g/mol. The van der Waals surface area contributed by atoms with Crippen LogP contribution in [0.5, 0.6) is 11.5 Å². The Labute approximate surface area is 131 Å². The first-order valence-electron chi connectivity index (χ1n) is 6.63. The average molecular weight is 348 g/mol. The Morgan fingerprint density at radius 3 is 2.62 bits per heavy atom. The lowest BCUT2D eigenvalue weighted by molar-refractivity contribution is -0.130. The van der Waals surface area contributed by atoms with Crippen molar-refractivity contribution in [1.29, 1.82) is 0 Å². The molecule has 4 nitrogen and oxygen atoms in total. The van der Waals surface area contributed by atoms with E-state index in [1.807, 2.05) is 42.5 Å². The molecule has 0 saturated carbocycles. The molecule has 1 heterocycles. The van der Waals surface area contributed by atoms with E-state index < -0.39 is 6.10 Å². The Hall–Kier alpha value is -2.01. The zero-order chi connectivity index (χ0) is 14.7. The van der Waals surface area contributed by atoms with Crippen molar-refractivity contribution in [3.63, 3.8) is 0 Å². The Balaban J connectivity index is 1.58. The van der Waals surface area contributed by atoms with Crippen LogP contribution in [0.25, 0.3) is 0 Å². The maximum Gasteiger partial charge on any atom is 0.264 e. The largest absolute Gasteiger partial charge is 0.485 e. The fourth-order valence-electron chi connectivity index (χ4n) is 2.05. The standard InChI is InChI=1S/C16H14BrNO3/c17-12-7-5-11(6-8-12)9-18-16(19)15-10-20-13-3-1-2-4-14(13)21-15/h1-8,15H,9-10H2,(H,18,19). The third-order valence-electron chi connectivity index (χ3n) is 3.18. The molecule has 108 valence electrons. The Bertz CT molecular complexity index is 642. The predicted octanol–water partition coefficient (Wildman–Crippen LogP) is 2.91. The summed E-state index contributed by atoms with van der Waals surface area (Å²) in [6, 6.07) is 15.1. The number of carbonyl (C=O) groups excluding carboxylic acids is 1. The lowest BCUT2D eigenvalue weighted by atomic mass is 10.2. The van der Waals surface area contributed by atoms with Gasteiger partial charge in [-0.2, -0.15) is 0 Å². The second kappa shape index (κ2) is 6.18. The van der Waals surface area contributed by atoms with Crippen LogP contribution in [0.15, 0.2) is 53.0 Å². The van der Waals surface area contributed by atoms with Gasteiger partial charge in [-0.1, -0.05) is 40.2 Å². The lowest BCUT2D eigenvalue weighted by Crippen LogP contribution is -2.43. The van der Waals surface area contributed by atoms with Crippen LogP contribution >= 0.6 is 15.9 Å². The molecule has 21 heavy (non-hydrogen) atoms. The van der Waals surface area contributed by atoms with Gasteiger partial charge in [-0.3, -0.25) is 4.79 Å². The van der Waals surface area contributed by atoms with Crippen LogP contribution in [0.2, 0.25) is 0 Å². The molecule has 2 aromatic carbocycles. The van der Waals surface area contributed by atoms with E-state index in [0.717, 1.165) is 10.0 Å². The summed E-state index contributed by atoms with van der Waals surface area (Å²) < 4.78 is 12.2. The van der Waals surface area contributed by atoms with Crippen LogP contribution < -0.4 is 14.8 Å². The molecule has 1 amide bonds. The van der Waals surface area contributed by atoms with E-state index in [9.17, 15) is 4.79 Å². The summed E-state index contributed by atoms with van der Waals surface area (Å²) in [5.41, 5.74) is 1.03. The highest BCUT2D eigenvalue weighted by Gasteiger charge is 2.26. The minimum atomic E-state index is -0.615. The molecule has 1 atom stereocenters. The predicted molar refractivity (Wildman–Crippen MR) is 82.3 cm³/mol. The molecule has 5 heteroatoms. The van der Waals surface area contributed by atoms with Crippen molar-refractivity contribution >= 4 is 21.8 Å². The van der Waals surface area contributed by atoms with Crippen molar-refractivity contribution in [3.05, 3.63) is 58.6 Å². The summed E-state index contributed by atoms with van der Waals surface area (Å²) in [4.78, 5) is 12.1. The van der Waals surface area contributed by atoms with Gasteiger partial charge in [0.25, 0.3) is 5.91 Å². The SMILES string of the molecule is O=C(NCc1ccc(Br)cc1)C1COc2ccccc2O1. The summed E-state index contributed by atoms with van der Waals surface area (Å²) in [6.45, 7) is 0.691. The third-order valence-corrected chi connectivity index (χ3v) is 3.71. The molecule has 0 spiro atoms. The molecule has 0 saturated heterocycles. The van der Waals surface area contributed by atoms with Crippen LogP contribution in [-0.2, 0) is 11.3 Å². The van der Waals surface area contributed by atoms with Crippen molar-refractivity contribution in [2.75, 3.05) is 6.61 Å². The van der Waals surface area contributed by atoms with E-state index in [2.05, 4.69) is 21.2 Å². The molecular formula is C16H14BrNO3. The number of benzene rings is 2. The minimum absolute atomic E-state index is 0.174. The summed E-state index contributed by atoms with van der Waals surface area (Å²) in [6.07, 6.45) is -0.615. The van der Waals surface area contributed by atoms with E-state index in [1.165, 1.54) is 0 Å². The van der Waals surface area contributed by atoms with E-state index in [-0.39, 0.29) is 12.5 Å². The second-order valence-corrected chi connectivity index (χ2v) is 5.62. The summed E-state index contributed by atoms with van der Waals surface area (Å²) in [7, 11) is 0. The summed E-state index contributed by atoms with van der Waals surface area (Å²) in [5.74, 6) is 1.11. The van der Waals surface area contributed by atoms with Gasteiger partial charge in [-0.05, 0) is 29.8 Å². The fourth-order valence-corrected chi connectivity index (χ4v) is 2.32. The maximum absolute atomic E-state index is 12.1. The molecule has 1 aliphatic rings. The van der Waals surface area contributed by atoms with E-state index in [1.54, 1.807) is 6.07 Å². The molecule has 1 unspecified atom stereocenters. The molecule has 2 aromatic rings. The Kier molecular flexibility index (Phi) is 4.10. The zero-order valence-electron chi connectivity index (χ0n) is 11.2. The van der Waals surface area contributed by atoms with Crippen LogP contribution in [0.3, 0.4) is 0 Å². The van der Waals surface area contributed by atoms with Crippen LogP contribution in [-0.4, -0.2) is 18.6 Å². The second-order valence-electron chi connectivity index (χ2n) is 4.71. The third kappa shape index (κ3) is 3.36. The number of para-hydroxylation sites is 2. The fraction of sp³-hybridized carbons (Fsp3) is 0.188. The topological polar surface area (TPSA) is 47.6 Å². The molecule has 0 aromatic heterocycles. The highest BCUT2D eigenvalue weighted by atomic mass is 79.9. The van der Waals surface area contributed by atoms with Gasteiger partial charge in [0.2, 0.25) is 6.10 Å². The van der Waals surface area contributed by atoms with E-state index in [0.29, 0.717) is 18.0 Å². The number of amides is 1. The van der Waals surface area contributed by atoms with Crippen molar-refractivity contribution in [1.82, 2.24) is 5.32 Å². The van der Waals surface area contributed by atoms with Gasteiger partial charge >= 0.3 is 0 Å². The number of halogens is 1. The Morgan fingerprint density at radius 1 is 1.14 bits per heavy atom. The van der Waals surface area contributed by atoms with Gasteiger partial charge in [0, 0.05) is 11.0 Å². The number of nitrogens with one attached hydrogen (secondary N) is 1. The molecule has 3 rings (SSSR count). The van der Waals surface area contributed by atoms with E-state index >= 15 is 0 Å². The lowest BCUT2D eigenvalue weighted by Gasteiger charge is -2.25. The Morgan fingerprint density at radius 2 is 1.86 bits per heavy atom. The van der Waals surface area contributed by atoms with Crippen LogP contribution in [0, 0.1) is 0 Å². The van der Waals surface area contributed by atoms with Gasteiger partial charge in [-0.15, -0.1) is 0 Å². The van der Waals surface area contributed by atoms with Gasteiger partial charge in [-0.25, -0.2) is 0 Å². The first-order valence-corrected chi connectivity index (χ1v) is 7.42. The van der Waals surface area contributed by atoms with E-state index in [4.69, 9.17) is 9.47 Å². The van der Waals surface area contributed by atoms with Crippen LogP contribution in [0.4, 0.5) is 0 Å². The molecule has 1 N–H and O–H groups in total. The molecule has 1 aliphatic heterocycles. The van der Waals surface area contributed by atoms with Gasteiger partial charge in [0.15, 0.2) is 11.5 Å². The van der Waals surface area contributed by atoms with Crippen molar-refractivity contribution in [2.45, 2.75) is 12.6 Å². The molecule has 0 aliphatic carbocycles. The number of rotatable bonds is 3. The van der Waals surface area contributed by atoms with Crippen molar-refractivity contribution in [3.8, 4) is 11.5 Å². The van der Waals surface area contributed by atoms with Crippen LogP contribution in [0.1, 0.15) is 5.56 Å². The first-order chi connectivity index (χ1) is 10.2. The number of fused-ring (bicyclic) bond motifs is 1. The highest BCUT2D eigenvalue weighted by molar-refractivity contribution is 9.10. The number of carbonyl (C=O) groups is 1. The molecule has 0 radical (unpaired) electrons. The number of ether oxygens (including phenoxy) is 2. The molecule has 0 fully saturated rings. The zero-order valence-corrected chi connectivity index (χ0v) is 12.8. The van der Waals surface area contributed by atoms with Gasteiger partial charge in [0.05, 0.1) is 0 Å². The summed E-state index contributed by atoms with van der Waals surface area (Å²) >= 11 is 3.38. The first kappa shape index (κ1) is 13.9. The maximum atomic E-state index is 12.1. The monoisotopic (exact) mass is 347 g/mol. The van der Waals surface area contributed by atoms with Gasteiger partial charge < -0.3 is 14.8 Å². The average Bonchev–Trinajstić information content (AvgIpc) is 2.53. The van der Waals surface area contributed by atoms with Crippen molar-refractivity contribution in [2.24, 2.45) is 0 Å². The smallest absolute Gasteiger partial charge is 0.264 e. The minimum Gasteiger partial charge on any atom is -0.485 e. The number of hydrogen-bond acceptors (Lipinski definition) is 3. The number of hydrogen-bond donors (Lipinski definition) is 1. The highest BCUT2D eigenvalue weighted by Crippen LogP contribution is 2.30.